The number of hydrogen-bond donors (Lipinski definition) is 0. The lowest BCUT2D eigenvalue weighted by Crippen LogP contribution is -1.71. The van der Waals surface area contributed by atoms with Crippen molar-refractivity contribution in [2.24, 2.45) is 0 Å². The Hall–Kier alpha value is -2.54. The van der Waals surface area contributed by atoms with Gasteiger partial charge in [0.05, 0.1) is 0 Å². The second kappa shape index (κ2) is 5.62. The molecule has 0 atom stereocenters. The van der Waals surface area contributed by atoms with E-state index in [-0.39, 0.29) is 0 Å². The van der Waals surface area contributed by atoms with Gasteiger partial charge in [0, 0.05) is 11.1 Å². The molecule has 1 heterocycles. The summed E-state index contributed by atoms with van der Waals surface area (Å²) in [6.45, 7) is 2.00. The van der Waals surface area contributed by atoms with Gasteiger partial charge in [0.2, 0.25) is 0 Å². The third-order valence-corrected chi connectivity index (χ3v) is 3.27. The quantitative estimate of drug-likeness (QED) is 0.612. The Morgan fingerprint density at radius 2 is 1.45 bits per heavy atom. The second-order valence-electron chi connectivity index (χ2n) is 4.73. The van der Waals surface area contributed by atoms with E-state index in [1.54, 1.807) is 0 Å². The summed E-state index contributed by atoms with van der Waals surface area (Å²) in [5.41, 5.74) is 3.41. The molecule has 0 spiro atoms. The SMILES string of the molecule is Cc1oc(-c2ccccc2)cc1/C=C/c1ccccc1. The fourth-order valence-corrected chi connectivity index (χ4v) is 2.16. The van der Waals surface area contributed by atoms with Gasteiger partial charge in [-0.05, 0) is 18.6 Å². The molecule has 3 aromatic rings. The lowest BCUT2D eigenvalue weighted by molar-refractivity contribution is 0.547. The fraction of sp³-hybridized carbons (Fsp3) is 0.0526. The summed E-state index contributed by atoms with van der Waals surface area (Å²) in [5.74, 6) is 1.85. The van der Waals surface area contributed by atoms with Crippen molar-refractivity contribution < 1.29 is 4.42 Å². The van der Waals surface area contributed by atoms with Crippen molar-refractivity contribution in [3.8, 4) is 11.3 Å². The van der Waals surface area contributed by atoms with Crippen LogP contribution in [0.4, 0.5) is 0 Å². The fourth-order valence-electron chi connectivity index (χ4n) is 2.16. The minimum absolute atomic E-state index is 0.913. The summed E-state index contributed by atoms with van der Waals surface area (Å²) in [6, 6.07) is 22.5. The molecule has 2 aromatic carbocycles. The number of hydrogen-bond acceptors (Lipinski definition) is 1. The minimum Gasteiger partial charge on any atom is -0.461 e. The minimum atomic E-state index is 0.913. The van der Waals surface area contributed by atoms with Crippen LogP contribution in [0, 0.1) is 6.92 Å². The van der Waals surface area contributed by atoms with Crippen molar-refractivity contribution in [3.63, 3.8) is 0 Å². The van der Waals surface area contributed by atoms with Crippen LogP contribution in [0.15, 0.2) is 71.1 Å². The maximum atomic E-state index is 5.84. The molecular formula is C19H16O. The maximum Gasteiger partial charge on any atom is 0.134 e. The van der Waals surface area contributed by atoms with Gasteiger partial charge < -0.3 is 4.42 Å². The first-order chi connectivity index (χ1) is 9.83. The van der Waals surface area contributed by atoms with Crippen LogP contribution < -0.4 is 0 Å². The van der Waals surface area contributed by atoms with E-state index in [0.717, 1.165) is 22.6 Å². The molecule has 0 N–H and O–H groups in total. The highest BCUT2D eigenvalue weighted by Gasteiger charge is 2.06. The van der Waals surface area contributed by atoms with Crippen LogP contribution in [0.1, 0.15) is 16.9 Å². The van der Waals surface area contributed by atoms with E-state index in [1.165, 1.54) is 5.56 Å². The summed E-state index contributed by atoms with van der Waals surface area (Å²) < 4.78 is 5.84. The van der Waals surface area contributed by atoms with Crippen molar-refractivity contribution in [3.05, 3.63) is 83.6 Å². The Morgan fingerprint density at radius 3 is 2.15 bits per heavy atom. The normalized spacial score (nSPS) is 11.1. The zero-order valence-electron chi connectivity index (χ0n) is 11.4. The maximum absolute atomic E-state index is 5.84. The van der Waals surface area contributed by atoms with Gasteiger partial charge in [-0.1, -0.05) is 72.8 Å². The average molecular weight is 260 g/mol. The first kappa shape index (κ1) is 12.5. The molecule has 3 rings (SSSR count). The van der Waals surface area contributed by atoms with E-state index in [9.17, 15) is 0 Å². The third kappa shape index (κ3) is 2.72. The number of furan rings is 1. The smallest absolute Gasteiger partial charge is 0.134 e. The van der Waals surface area contributed by atoms with Gasteiger partial charge in [0.25, 0.3) is 0 Å². The Balaban J connectivity index is 1.89. The summed E-state index contributed by atoms with van der Waals surface area (Å²) in [7, 11) is 0. The molecule has 0 aliphatic carbocycles. The third-order valence-electron chi connectivity index (χ3n) is 3.27. The molecule has 1 aromatic heterocycles. The second-order valence-corrected chi connectivity index (χ2v) is 4.73. The Morgan fingerprint density at radius 1 is 0.800 bits per heavy atom. The van der Waals surface area contributed by atoms with Gasteiger partial charge in [-0.2, -0.15) is 0 Å². The van der Waals surface area contributed by atoms with Crippen LogP contribution in [0.5, 0.6) is 0 Å². The van der Waals surface area contributed by atoms with Gasteiger partial charge in [0.1, 0.15) is 11.5 Å². The number of benzene rings is 2. The van der Waals surface area contributed by atoms with Gasteiger partial charge in [0.15, 0.2) is 0 Å². The Kier molecular flexibility index (Phi) is 3.51. The molecule has 0 fully saturated rings. The van der Waals surface area contributed by atoms with Gasteiger partial charge in [-0.15, -0.1) is 0 Å². The standard InChI is InChI=1S/C19H16O/c1-15-18(13-12-16-8-4-2-5-9-16)14-19(20-15)17-10-6-3-7-11-17/h2-14H,1H3/b13-12+. The average Bonchev–Trinajstić information content (AvgIpc) is 2.88. The van der Waals surface area contributed by atoms with Crippen LogP contribution in [0.25, 0.3) is 23.5 Å². The van der Waals surface area contributed by atoms with Crippen LogP contribution in [-0.4, -0.2) is 0 Å². The number of aryl methyl sites for hydroxylation is 1. The van der Waals surface area contributed by atoms with Crippen molar-refractivity contribution in [2.75, 3.05) is 0 Å². The van der Waals surface area contributed by atoms with Crippen molar-refractivity contribution >= 4 is 12.2 Å². The molecule has 0 radical (unpaired) electrons. The predicted molar refractivity (Wildman–Crippen MR) is 84.3 cm³/mol. The highest BCUT2D eigenvalue weighted by atomic mass is 16.3. The highest BCUT2D eigenvalue weighted by molar-refractivity contribution is 5.73. The van der Waals surface area contributed by atoms with Gasteiger partial charge in [-0.3, -0.25) is 0 Å². The Labute approximate surface area is 119 Å². The first-order valence-electron chi connectivity index (χ1n) is 6.72. The number of rotatable bonds is 3. The van der Waals surface area contributed by atoms with Crippen molar-refractivity contribution in [1.82, 2.24) is 0 Å². The largest absolute Gasteiger partial charge is 0.461 e. The molecule has 0 bridgehead atoms. The van der Waals surface area contributed by atoms with Gasteiger partial charge in [-0.25, -0.2) is 0 Å². The molecule has 0 amide bonds. The molecule has 1 heteroatoms. The molecule has 20 heavy (non-hydrogen) atoms. The zero-order valence-corrected chi connectivity index (χ0v) is 11.4. The van der Waals surface area contributed by atoms with Gasteiger partial charge >= 0.3 is 0 Å². The van der Waals surface area contributed by atoms with Crippen LogP contribution in [-0.2, 0) is 0 Å². The first-order valence-corrected chi connectivity index (χ1v) is 6.72. The lowest BCUT2D eigenvalue weighted by Gasteiger charge is -1.93. The van der Waals surface area contributed by atoms with Crippen molar-refractivity contribution in [2.45, 2.75) is 6.92 Å². The predicted octanol–water partition coefficient (Wildman–Crippen LogP) is 5.43. The van der Waals surface area contributed by atoms with E-state index in [2.05, 4.69) is 42.5 Å². The molecule has 0 unspecified atom stereocenters. The summed E-state index contributed by atoms with van der Waals surface area (Å²) >= 11 is 0. The highest BCUT2D eigenvalue weighted by Crippen LogP contribution is 2.26. The van der Waals surface area contributed by atoms with E-state index in [0.29, 0.717) is 0 Å². The summed E-state index contributed by atoms with van der Waals surface area (Å²) in [5, 5.41) is 0. The van der Waals surface area contributed by atoms with E-state index >= 15 is 0 Å². The molecular weight excluding hydrogens is 244 g/mol. The molecule has 0 aliphatic heterocycles. The van der Waals surface area contributed by atoms with Crippen LogP contribution in [0.3, 0.4) is 0 Å². The van der Waals surface area contributed by atoms with E-state index in [1.807, 2.05) is 43.3 Å². The topological polar surface area (TPSA) is 13.1 Å². The van der Waals surface area contributed by atoms with E-state index in [4.69, 9.17) is 4.42 Å². The zero-order chi connectivity index (χ0) is 13.8. The van der Waals surface area contributed by atoms with Crippen LogP contribution >= 0.6 is 0 Å². The summed E-state index contributed by atoms with van der Waals surface area (Å²) in [4.78, 5) is 0. The molecule has 0 saturated carbocycles. The van der Waals surface area contributed by atoms with Crippen molar-refractivity contribution in [1.29, 1.82) is 0 Å². The van der Waals surface area contributed by atoms with Crippen LogP contribution in [0.2, 0.25) is 0 Å². The Bertz CT molecular complexity index is 706. The monoisotopic (exact) mass is 260 g/mol. The summed E-state index contributed by atoms with van der Waals surface area (Å²) in [6.07, 6.45) is 4.20. The van der Waals surface area contributed by atoms with E-state index < -0.39 is 0 Å². The molecule has 1 nitrogen and oxygen atoms in total. The molecule has 0 saturated heterocycles. The lowest BCUT2D eigenvalue weighted by atomic mass is 10.1. The molecule has 98 valence electrons. The molecule has 0 aliphatic rings.